The van der Waals surface area contributed by atoms with E-state index in [9.17, 15) is 4.79 Å². The minimum absolute atomic E-state index is 0.0117. The predicted molar refractivity (Wildman–Crippen MR) is 95.0 cm³/mol. The summed E-state index contributed by atoms with van der Waals surface area (Å²) in [4.78, 5) is 23.2. The van der Waals surface area contributed by atoms with Crippen LogP contribution in [0.1, 0.15) is 45.1 Å². The van der Waals surface area contributed by atoms with Crippen molar-refractivity contribution in [1.29, 1.82) is 0 Å². The Morgan fingerprint density at radius 3 is 2.88 bits per heavy atom. The number of esters is 1. The molecule has 0 spiro atoms. The summed E-state index contributed by atoms with van der Waals surface area (Å²) in [5.74, 6) is 0.343. The molecule has 1 atom stereocenters. The number of rotatable bonds is 3. The first-order chi connectivity index (χ1) is 11.7. The van der Waals surface area contributed by atoms with Crippen LogP contribution in [-0.4, -0.2) is 52.2 Å². The fourth-order valence-electron chi connectivity index (χ4n) is 2.94. The van der Waals surface area contributed by atoms with Gasteiger partial charge in [0.25, 0.3) is 0 Å². The average Bonchev–Trinajstić information content (AvgIpc) is 2.98. The molecule has 1 aliphatic heterocycles. The average molecular weight is 346 g/mol. The van der Waals surface area contributed by atoms with E-state index < -0.39 is 5.97 Å². The number of aromatic nitrogens is 3. The van der Waals surface area contributed by atoms with Gasteiger partial charge in [-0.05, 0) is 19.3 Å². The molecule has 1 unspecified atom stereocenters. The van der Waals surface area contributed by atoms with Crippen molar-refractivity contribution >= 4 is 17.4 Å². The van der Waals surface area contributed by atoms with Crippen LogP contribution in [0.4, 0.5) is 5.82 Å². The predicted octanol–water partition coefficient (Wildman–Crippen LogP) is 2.55. The van der Waals surface area contributed by atoms with Crippen LogP contribution >= 0.6 is 0 Å². The number of carbonyl (C=O) groups is 1. The lowest BCUT2D eigenvalue weighted by molar-refractivity contribution is -0.111. The quantitative estimate of drug-likeness (QED) is 0.796. The Morgan fingerprint density at radius 2 is 2.20 bits per heavy atom. The Bertz CT molecular complexity index is 780. The number of fused-ring (bicyclic) bond motifs is 1. The zero-order valence-corrected chi connectivity index (χ0v) is 15.6. The number of hydrogen-bond acceptors (Lipinski definition) is 6. The van der Waals surface area contributed by atoms with E-state index in [0.29, 0.717) is 31.1 Å². The topological polar surface area (TPSA) is 69.0 Å². The first kappa shape index (κ1) is 17.7. The molecule has 3 rings (SSSR count). The normalized spacial score (nSPS) is 21.6. The summed E-state index contributed by atoms with van der Waals surface area (Å²) >= 11 is 0. The Hall–Kier alpha value is -2.15. The van der Waals surface area contributed by atoms with Crippen molar-refractivity contribution in [1.82, 2.24) is 14.4 Å². The highest BCUT2D eigenvalue weighted by molar-refractivity contribution is 5.88. The van der Waals surface area contributed by atoms with Gasteiger partial charge in [-0.1, -0.05) is 20.8 Å². The minimum Gasteiger partial charge on any atom is -0.461 e. The molecular weight excluding hydrogens is 320 g/mol. The highest BCUT2D eigenvalue weighted by Gasteiger charge is 2.43. The molecule has 0 aliphatic carbocycles. The van der Waals surface area contributed by atoms with Gasteiger partial charge in [0, 0.05) is 31.7 Å². The molecule has 7 heteroatoms. The van der Waals surface area contributed by atoms with Crippen molar-refractivity contribution in [2.75, 3.05) is 31.2 Å². The first-order valence-electron chi connectivity index (χ1n) is 8.65. The lowest BCUT2D eigenvalue weighted by Gasteiger charge is -2.48. The molecule has 0 aromatic carbocycles. The maximum atomic E-state index is 12.0. The van der Waals surface area contributed by atoms with E-state index in [1.54, 1.807) is 25.5 Å². The van der Waals surface area contributed by atoms with E-state index >= 15 is 0 Å². The summed E-state index contributed by atoms with van der Waals surface area (Å²) in [5, 5.41) is 0. The maximum Gasteiger partial charge on any atom is 0.358 e. The largest absolute Gasteiger partial charge is 0.461 e. The third-order valence-electron chi connectivity index (χ3n) is 5.00. The third kappa shape index (κ3) is 3.20. The zero-order valence-electron chi connectivity index (χ0n) is 15.6. The van der Waals surface area contributed by atoms with Crippen LogP contribution in [0.3, 0.4) is 0 Å². The Labute approximate surface area is 148 Å². The molecule has 7 nitrogen and oxygen atoms in total. The van der Waals surface area contributed by atoms with Crippen molar-refractivity contribution in [2.45, 2.75) is 40.2 Å². The first-order valence-corrected chi connectivity index (χ1v) is 8.65. The fraction of sp³-hybridized carbons (Fsp3) is 0.611. The smallest absolute Gasteiger partial charge is 0.358 e. The SMILES string of the molecule is CCOC(=O)c1cn2ccnc(N3CCOC(C)(C(C)(C)C)C3)c2n1. The summed E-state index contributed by atoms with van der Waals surface area (Å²) in [7, 11) is 0. The number of nitrogens with zero attached hydrogens (tertiary/aromatic N) is 4. The number of hydrogen-bond donors (Lipinski definition) is 0. The van der Waals surface area contributed by atoms with Crippen LogP contribution in [0.5, 0.6) is 0 Å². The summed E-state index contributed by atoms with van der Waals surface area (Å²) in [5.41, 5.74) is 0.644. The van der Waals surface area contributed by atoms with Gasteiger partial charge >= 0.3 is 5.97 Å². The van der Waals surface area contributed by atoms with Crippen LogP contribution in [0, 0.1) is 5.41 Å². The minimum atomic E-state index is -0.418. The molecular formula is C18H26N4O3. The molecule has 0 saturated carbocycles. The van der Waals surface area contributed by atoms with Gasteiger partial charge in [-0.3, -0.25) is 0 Å². The molecule has 0 N–H and O–H groups in total. The molecule has 1 saturated heterocycles. The molecule has 0 bridgehead atoms. The second-order valence-corrected chi connectivity index (χ2v) is 7.58. The Morgan fingerprint density at radius 1 is 1.44 bits per heavy atom. The molecule has 0 radical (unpaired) electrons. The van der Waals surface area contributed by atoms with Crippen LogP contribution in [-0.2, 0) is 9.47 Å². The zero-order chi connectivity index (χ0) is 18.2. The summed E-state index contributed by atoms with van der Waals surface area (Å²) in [6.45, 7) is 12.9. The van der Waals surface area contributed by atoms with Crippen LogP contribution in [0.2, 0.25) is 0 Å². The molecule has 1 aliphatic rings. The summed E-state index contributed by atoms with van der Waals surface area (Å²) in [6.07, 6.45) is 5.20. The number of anilines is 1. The second kappa shape index (κ2) is 6.29. The van der Waals surface area contributed by atoms with E-state index in [0.717, 1.165) is 12.4 Å². The van der Waals surface area contributed by atoms with E-state index in [1.165, 1.54) is 0 Å². The fourth-order valence-corrected chi connectivity index (χ4v) is 2.94. The Kier molecular flexibility index (Phi) is 4.45. The van der Waals surface area contributed by atoms with Gasteiger partial charge in [0.1, 0.15) is 0 Å². The van der Waals surface area contributed by atoms with Crippen molar-refractivity contribution in [3.63, 3.8) is 0 Å². The molecule has 0 amide bonds. The molecule has 2 aromatic rings. The summed E-state index contributed by atoms with van der Waals surface area (Å²) < 4.78 is 13.0. The second-order valence-electron chi connectivity index (χ2n) is 7.58. The molecule has 1 fully saturated rings. The number of carbonyl (C=O) groups excluding carboxylic acids is 1. The van der Waals surface area contributed by atoms with Gasteiger partial charge in [-0.2, -0.15) is 0 Å². The van der Waals surface area contributed by atoms with Gasteiger partial charge in [0.2, 0.25) is 0 Å². The van der Waals surface area contributed by atoms with Crippen LogP contribution in [0.15, 0.2) is 18.6 Å². The maximum absolute atomic E-state index is 12.0. The number of morpholine rings is 1. The van der Waals surface area contributed by atoms with Crippen molar-refractivity contribution in [3.8, 4) is 0 Å². The number of ether oxygens (including phenoxy) is 2. The highest BCUT2D eigenvalue weighted by Crippen LogP contribution is 2.37. The lowest BCUT2D eigenvalue weighted by Crippen LogP contribution is -2.57. The van der Waals surface area contributed by atoms with Gasteiger partial charge in [-0.25, -0.2) is 14.8 Å². The molecule has 2 aromatic heterocycles. The van der Waals surface area contributed by atoms with Gasteiger partial charge in [0.05, 0.1) is 18.8 Å². The van der Waals surface area contributed by atoms with Crippen molar-refractivity contribution in [2.24, 2.45) is 5.41 Å². The summed E-state index contributed by atoms with van der Waals surface area (Å²) in [6, 6.07) is 0. The monoisotopic (exact) mass is 346 g/mol. The molecule has 25 heavy (non-hydrogen) atoms. The molecule has 136 valence electrons. The van der Waals surface area contributed by atoms with Crippen molar-refractivity contribution < 1.29 is 14.3 Å². The lowest BCUT2D eigenvalue weighted by atomic mass is 9.76. The van der Waals surface area contributed by atoms with Crippen molar-refractivity contribution in [3.05, 3.63) is 24.3 Å². The standard InChI is InChI=1S/C18H26N4O3/c1-6-24-16(23)13-11-21-8-7-19-14(15(21)20-13)22-9-10-25-18(5,12-22)17(2,3)4/h7-8,11H,6,9-10,12H2,1-5H3. The van der Waals surface area contributed by atoms with E-state index in [-0.39, 0.29) is 11.0 Å². The number of imidazole rings is 1. The highest BCUT2D eigenvalue weighted by atomic mass is 16.5. The van der Waals surface area contributed by atoms with E-state index in [2.05, 4.69) is 42.6 Å². The van der Waals surface area contributed by atoms with E-state index in [4.69, 9.17) is 9.47 Å². The van der Waals surface area contributed by atoms with Gasteiger partial charge < -0.3 is 18.8 Å². The Balaban J connectivity index is 1.97. The van der Waals surface area contributed by atoms with E-state index in [1.807, 2.05) is 4.40 Å². The van der Waals surface area contributed by atoms with Crippen LogP contribution < -0.4 is 4.90 Å². The van der Waals surface area contributed by atoms with Gasteiger partial charge in [0.15, 0.2) is 17.2 Å². The molecule has 3 heterocycles. The van der Waals surface area contributed by atoms with Gasteiger partial charge in [-0.15, -0.1) is 0 Å². The van der Waals surface area contributed by atoms with Crippen LogP contribution in [0.25, 0.3) is 5.65 Å². The third-order valence-corrected chi connectivity index (χ3v) is 5.00.